The number of ether oxygens (including phenoxy) is 1. The van der Waals surface area contributed by atoms with Gasteiger partial charge in [-0.05, 0) is 84.3 Å². The van der Waals surface area contributed by atoms with Gasteiger partial charge in [0.1, 0.15) is 17.7 Å². The van der Waals surface area contributed by atoms with E-state index in [0.29, 0.717) is 18.9 Å². The molecule has 0 saturated carbocycles. The minimum absolute atomic E-state index is 0.102. The first-order chi connectivity index (χ1) is 29.3. The zero-order chi connectivity index (χ0) is 41.6. The fraction of sp³-hybridized carbons (Fsp3) is 0.319. The summed E-state index contributed by atoms with van der Waals surface area (Å²) < 4.78 is 5.30. The summed E-state index contributed by atoms with van der Waals surface area (Å²) in [5, 5.41) is 0. The maximum Gasteiger partial charge on any atom is 0.405 e. The molecule has 3 aromatic heterocycles. The van der Waals surface area contributed by atoms with Crippen LogP contribution in [0.4, 0.5) is 4.79 Å². The molecule has 13 nitrogen and oxygen atoms in total. The first-order valence-corrected chi connectivity index (χ1v) is 20.9. The second-order valence-corrected chi connectivity index (χ2v) is 15.4. The van der Waals surface area contributed by atoms with Crippen molar-refractivity contribution in [1.29, 1.82) is 0 Å². The number of aromatic nitrogens is 5. The van der Waals surface area contributed by atoms with Crippen LogP contribution in [0.25, 0.3) is 33.6 Å². The molecule has 308 valence electrons. The van der Waals surface area contributed by atoms with E-state index in [2.05, 4.69) is 99.3 Å². The minimum atomic E-state index is -1.05. The number of benzene rings is 3. The van der Waals surface area contributed by atoms with E-state index in [1.54, 1.807) is 35.6 Å². The largest absolute Gasteiger partial charge is 0.436 e. The molecule has 3 amide bonds. The lowest BCUT2D eigenvalue weighted by atomic mass is 10.0. The summed E-state index contributed by atoms with van der Waals surface area (Å²) in [6.45, 7) is 7.02. The van der Waals surface area contributed by atoms with Crippen molar-refractivity contribution < 1.29 is 19.1 Å². The van der Waals surface area contributed by atoms with Crippen LogP contribution in [0.3, 0.4) is 0 Å². The van der Waals surface area contributed by atoms with E-state index in [9.17, 15) is 14.4 Å². The Morgan fingerprint density at radius 2 is 1.22 bits per heavy atom. The lowest BCUT2D eigenvalue weighted by molar-refractivity contribution is -0.141. The molecule has 2 aliphatic heterocycles. The van der Waals surface area contributed by atoms with E-state index < -0.39 is 12.2 Å². The number of pyridine rings is 1. The van der Waals surface area contributed by atoms with Crippen LogP contribution in [-0.4, -0.2) is 89.8 Å². The van der Waals surface area contributed by atoms with Crippen molar-refractivity contribution in [3.63, 3.8) is 0 Å². The van der Waals surface area contributed by atoms with Crippen molar-refractivity contribution in [3.8, 4) is 33.6 Å². The Kier molecular flexibility index (Phi) is 12.1. The van der Waals surface area contributed by atoms with Crippen LogP contribution in [0.15, 0.2) is 116 Å². The molecule has 0 radical (unpaired) electrons. The summed E-state index contributed by atoms with van der Waals surface area (Å²) >= 11 is 0. The molecule has 13 heteroatoms. The maximum atomic E-state index is 14.2. The zero-order valence-electron chi connectivity index (χ0n) is 34.0. The number of nitrogens with one attached hydrogen (secondary N) is 2. The predicted octanol–water partition coefficient (Wildman–Crippen LogP) is 7.65. The first kappa shape index (κ1) is 40.2. The minimum Gasteiger partial charge on any atom is -0.436 e. The standard InChI is InChI=1S/C47H51N9O4/c1-3-54(4-2)42(36-10-6-5-7-11-36)46(58)56-27-9-13-40(56)44-51-30-38(53-44)35-20-16-33(17-21-35)32-14-18-34(19-15-32)37-29-50-43(52-37)39-12-8-26-55(39)45(57)41(60-47(48)59)28-31-22-24-49-25-23-31/h5-7,10-11,14-25,29-30,39-42H,3-4,8-9,12-13,26-28H2,1-2H3,(H2,48,59)(H,50,52)(H,51,53)/t39-,40-,41-,42+/m0/s1. The van der Waals surface area contributed by atoms with Gasteiger partial charge in [-0.15, -0.1) is 0 Å². The van der Waals surface area contributed by atoms with Crippen LogP contribution in [0.2, 0.25) is 0 Å². The number of nitrogens with zero attached hydrogens (tertiary/aromatic N) is 6. The molecule has 0 unspecified atom stereocenters. The average molecular weight is 806 g/mol. The fourth-order valence-corrected chi connectivity index (χ4v) is 8.75. The number of H-pyrrole nitrogens is 2. The van der Waals surface area contributed by atoms with Gasteiger partial charge in [0.15, 0.2) is 6.10 Å². The molecule has 5 heterocycles. The Balaban J connectivity index is 0.924. The summed E-state index contributed by atoms with van der Waals surface area (Å²) in [6.07, 6.45) is 8.43. The highest BCUT2D eigenvalue weighted by Crippen LogP contribution is 2.37. The number of likely N-dealkylation sites (N-methyl/N-ethyl adjacent to an activating group) is 1. The number of primary amides is 1. The van der Waals surface area contributed by atoms with Crippen molar-refractivity contribution in [3.05, 3.63) is 139 Å². The van der Waals surface area contributed by atoms with Gasteiger partial charge in [-0.3, -0.25) is 19.5 Å². The van der Waals surface area contributed by atoms with Gasteiger partial charge in [-0.25, -0.2) is 14.8 Å². The molecule has 0 bridgehead atoms. The van der Waals surface area contributed by atoms with Crippen LogP contribution in [-0.2, 0) is 20.7 Å². The molecule has 4 atom stereocenters. The number of carbonyl (C=O) groups is 3. The van der Waals surface area contributed by atoms with E-state index in [0.717, 1.165) is 89.4 Å². The van der Waals surface area contributed by atoms with Crippen molar-refractivity contribution in [2.45, 2.75) is 70.2 Å². The molecule has 2 aliphatic rings. The monoisotopic (exact) mass is 805 g/mol. The van der Waals surface area contributed by atoms with Crippen molar-refractivity contribution >= 4 is 17.9 Å². The summed E-state index contributed by atoms with van der Waals surface area (Å²) in [5.41, 5.74) is 13.1. The Labute approximate surface area is 350 Å². The van der Waals surface area contributed by atoms with Gasteiger partial charge in [-0.1, -0.05) is 92.7 Å². The molecule has 0 spiro atoms. The molecule has 8 rings (SSSR count). The van der Waals surface area contributed by atoms with E-state index in [-0.39, 0.29) is 36.4 Å². The molecule has 4 N–H and O–H groups in total. The van der Waals surface area contributed by atoms with E-state index in [1.165, 1.54) is 0 Å². The van der Waals surface area contributed by atoms with Gasteiger partial charge in [0.05, 0.1) is 35.9 Å². The van der Waals surface area contributed by atoms with Crippen molar-refractivity contribution in [2.75, 3.05) is 26.2 Å². The normalized spacial score (nSPS) is 17.5. The molecule has 2 saturated heterocycles. The topological polar surface area (TPSA) is 166 Å². The number of aromatic amines is 2. The number of amides is 3. The third kappa shape index (κ3) is 8.57. The third-order valence-electron chi connectivity index (χ3n) is 11.9. The Hall–Kier alpha value is -6.60. The predicted molar refractivity (Wildman–Crippen MR) is 229 cm³/mol. The molecule has 6 aromatic rings. The number of imidazole rings is 2. The lowest BCUT2D eigenvalue weighted by Gasteiger charge is -2.34. The van der Waals surface area contributed by atoms with E-state index in [4.69, 9.17) is 15.5 Å². The summed E-state index contributed by atoms with van der Waals surface area (Å²) in [7, 11) is 0. The van der Waals surface area contributed by atoms with Gasteiger partial charge >= 0.3 is 6.09 Å². The van der Waals surface area contributed by atoms with Gasteiger partial charge in [0, 0.05) is 31.9 Å². The fourth-order valence-electron chi connectivity index (χ4n) is 8.75. The number of nitrogens with two attached hydrogens (primary N) is 1. The molecule has 3 aromatic carbocycles. The number of hydrogen-bond donors (Lipinski definition) is 3. The van der Waals surface area contributed by atoms with Crippen molar-refractivity contribution in [1.82, 2.24) is 39.6 Å². The molecule has 2 fully saturated rings. The zero-order valence-corrected chi connectivity index (χ0v) is 34.0. The Bertz CT molecular complexity index is 2380. The SMILES string of the molecule is CCN(CC)[C@@H](C(=O)N1CCC[C@H]1c1ncc(-c2ccc(-c3ccc(-c4cnc([C@@H]5CCCN5C(=O)[C@H](Cc5ccncc5)OC(N)=O)[nH]4)cc3)cc2)[nH]1)c1ccccc1. The molecular weight excluding hydrogens is 755 g/mol. The maximum absolute atomic E-state index is 14.2. The Morgan fingerprint density at radius 3 is 1.72 bits per heavy atom. The quantitative estimate of drug-likeness (QED) is 0.101. The highest BCUT2D eigenvalue weighted by Gasteiger charge is 2.39. The van der Waals surface area contributed by atoms with Crippen molar-refractivity contribution in [2.24, 2.45) is 5.73 Å². The van der Waals surface area contributed by atoms with Crippen LogP contribution >= 0.6 is 0 Å². The highest BCUT2D eigenvalue weighted by molar-refractivity contribution is 5.85. The number of rotatable bonds is 14. The average Bonchev–Trinajstić information content (AvgIpc) is 4.13. The number of hydrogen-bond acceptors (Lipinski definition) is 8. The van der Waals surface area contributed by atoms with Crippen LogP contribution in [0.1, 0.15) is 80.4 Å². The first-order valence-electron chi connectivity index (χ1n) is 20.9. The van der Waals surface area contributed by atoms with Crippen LogP contribution in [0.5, 0.6) is 0 Å². The third-order valence-corrected chi connectivity index (χ3v) is 11.9. The number of carbonyl (C=O) groups excluding carboxylic acids is 3. The van der Waals surface area contributed by atoms with E-state index in [1.807, 2.05) is 29.3 Å². The summed E-state index contributed by atoms with van der Waals surface area (Å²) in [5.74, 6) is 1.33. The van der Waals surface area contributed by atoms with Gasteiger partial charge in [0.25, 0.3) is 5.91 Å². The van der Waals surface area contributed by atoms with Crippen LogP contribution < -0.4 is 5.73 Å². The smallest absolute Gasteiger partial charge is 0.405 e. The molecule has 0 aliphatic carbocycles. The molecular formula is C47H51N9O4. The summed E-state index contributed by atoms with van der Waals surface area (Å²) in [4.78, 5) is 66.2. The van der Waals surface area contributed by atoms with Gasteiger partial charge in [-0.2, -0.15) is 0 Å². The van der Waals surface area contributed by atoms with Crippen LogP contribution in [0, 0.1) is 0 Å². The van der Waals surface area contributed by atoms with E-state index >= 15 is 0 Å². The number of likely N-dealkylation sites (tertiary alicyclic amines) is 2. The highest BCUT2D eigenvalue weighted by atomic mass is 16.6. The lowest BCUT2D eigenvalue weighted by Crippen LogP contribution is -2.43. The second-order valence-electron chi connectivity index (χ2n) is 15.4. The van der Waals surface area contributed by atoms with Gasteiger partial charge in [0.2, 0.25) is 5.91 Å². The van der Waals surface area contributed by atoms with Gasteiger partial charge < -0.3 is 30.2 Å². The second kappa shape index (κ2) is 18.1. The molecule has 60 heavy (non-hydrogen) atoms. The Morgan fingerprint density at radius 1 is 0.717 bits per heavy atom. The summed E-state index contributed by atoms with van der Waals surface area (Å²) in [6, 6.07) is 29.6.